The fourth-order valence-electron chi connectivity index (χ4n) is 4.03. The van der Waals surface area contributed by atoms with Crippen molar-refractivity contribution in [3.05, 3.63) is 63.0 Å². The third kappa shape index (κ3) is 5.49. The van der Waals surface area contributed by atoms with Crippen molar-refractivity contribution < 1.29 is 19.2 Å². The Morgan fingerprint density at radius 2 is 2.14 bits per heavy atom. The maximum atomic E-state index is 12.9. The molecule has 0 spiro atoms. The largest absolute Gasteiger partial charge is 0.462 e. The Kier molecular flexibility index (Phi) is 8.16. The molecule has 4 rings (SSSR count). The number of aromatic nitrogens is 3. The summed E-state index contributed by atoms with van der Waals surface area (Å²) in [6.07, 6.45) is 5.42. The lowest BCUT2D eigenvalue weighted by Gasteiger charge is -2.12. The van der Waals surface area contributed by atoms with E-state index >= 15 is 0 Å². The smallest absolute Gasteiger partial charge is 0.341 e. The lowest BCUT2D eigenvalue weighted by Crippen LogP contribution is -2.17. The number of nitro benzene ring substituents is 1. The number of thiophene rings is 1. The normalized spacial score (nSPS) is 12.6. The van der Waals surface area contributed by atoms with E-state index in [1.54, 1.807) is 29.7 Å². The average molecular weight is 528 g/mol. The van der Waals surface area contributed by atoms with Crippen molar-refractivity contribution in [3.8, 4) is 11.4 Å². The third-order valence-electron chi connectivity index (χ3n) is 5.58. The van der Waals surface area contributed by atoms with Crippen LogP contribution in [0.2, 0.25) is 0 Å². The van der Waals surface area contributed by atoms with Crippen molar-refractivity contribution in [3.63, 3.8) is 0 Å². The number of non-ortho nitro benzene ring substituents is 1. The first-order valence-corrected chi connectivity index (χ1v) is 13.3. The number of amides is 1. The molecule has 3 aromatic rings. The van der Waals surface area contributed by atoms with Gasteiger partial charge in [-0.15, -0.1) is 28.1 Å². The number of thioether (sulfide) groups is 1. The molecule has 2 aromatic heterocycles. The number of hydrogen-bond donors (Lipinski definition) is 1. The molecule has 36 heavy (non-hydrogen) atoms. The number of fused-ring (bicyclic) bond motifs is 1. The molecule has 1 aliphatic carbocycles. The molecular formula is C24H25N5O5S2. The van der Waals surface area contributed by atoms with Crippen molar-refractivity contribution >= 4 is 45.7 Å². The standard InChI is InChI=1S/C24H25N5O5S2/c1-3-12-28-21(15-8-7-9-16(13-15)29(32)33)26-27-24(28)35-14-19(30)25-22-20(23(31)34-4-2)17-10-5-6-11-18(17)36-22/h3,7-9,13H,1,4-6,10-12,14H2,2H3,(H,25,30). The molecule has 188 valence electrons. The van der Waals surface area contributed by atoms with Crippen LogP contribution in [0.3, 0.4) is 0 Å². The van der Waals surface area contributed by atoms with E-state index in [1.807, 2.05) is 0 Å². The van der Waals surface area contributed by atoms with Crippen LogP contribution in [0.15, 0.2) is 42.1 Å². The summed E-state index contributed by atoms with van der Waals surface area (Å²) in [6.45, 7) is 6.15. The Bertz CT molecular complexity index is 1320. The number of nitrogens with one attached hydrogen (secondary N) is 1. The number of carbonyl (C=O) groups is 2. The third-order valence-corrected chi connectivity index (χ3v) is 7.75. The number of anilines is 1. The van der Waals surface area contributed by atoms with E-state index < -0.39 is 10.9 Å². The number of ether oxygens (including phenoxy) is 1. The number of nitrogens with zero attached hydrogens (tertiary/aromatic N) is 4. The lowest BCUT2D eigenvalue weighted by atomic mass is 9.95. The molecule has 1 amide bonds. The molecule has 0 saturated heterocycles. The minimum Gasteiger partial charge on any atom is -0.462 e. The van der Waals surface area contributed by atoms with Crippen LogP contribution in [0.1, 0.15) is 40.6 Å². The van der Waals surface area contributed by atoms with Crippen LogP contribution in [0.4, 0.5) is 10.7 Å². The van der Waals surface area contributed by atoms with E-state index in [1.165, 1.54) is 35.2 Å². The van der Waals surface area contributed by atoms with Crippen LogP contribution in [-0.4, -0.2) is 43.9 Å². The zero-order chi connectivity index (χ0) is 25.7. The number of allylic oxidation sites excluding steroid dienone is 1. The summed E-state index contributed by atoms with van der Waals surface area (Å²) >= 11 is 2.62. The van der Waals surface area contributed by atoms with Gasteiger partial charge in [0, 0.05) is 29.1 Å². The van der Waals surface area contributed by atoms with Crippen LogP contribution in [-0.2, 0) is 28.9 Å². The molecule has 1 aromatic carbocycles. The van der Waals surface area contributed by atoms with Gasteiger partial charge in [-0.3, -0.25) is 19.5 Å². The summed E-state index contributed by atoms with van der Waals surface area (Å²) in [5, 5.41) is 23.5. The van der Waals surface area contributed by atoms with Crippen LogP contribution in [0.5, 0.6) is 0 Å². The molecule has 0 aliphatic heterocycles. The average Bonchev–Trinajstić information content (AvgIpc) is 3.44. The van der Waals surface area contributed by atoms with Crippen LogP contribution in [0.25, 0.3) is 11.4 Å². The highest BCUT2D eigenvalue weighted by Gasteiger charge is 2.27. The summed E-state index contributed by atoms with van der Waals surface area (Å²) in [4.78, 5) is 37.3. The molecule has 0 atom stereocenters. The Hall–Kier alpha value is -3.51. The first-order valence-electron chi connectivity index (χ1n) is 11.5. The zero-order valence-corrected chi connectivity index (χ0v) is 21.3. The topological polar surface area (TPSA) is 129 Å². The second kappa shape index (κ2) is 11.5. The SMILES string of the molecule is C=CCn1c(SCC(=O)Nc2sc3c(c2C(=O)OCC)CCCC3)nnc1-c1cccc([N+](=O)[O-])c1. The van der Waals surface area contributed by atoms with E-state index in [2.05, 4.69) is 22.1 Å². The molecule has 0 bridgehead atoms. The number of aryl methyl sites for hydroxylation is 1. The van der Waals surface area contributed by atoms with E-state index in [0.29, 0.717) is 33.7 Å². The van der Waals surface area contributed by atoms with Crippen molar-refractivity contribution in [2.24, 2.45) is 0 Å². The van der Waals surface area contributed by atoms with Gasteiger partial charge in [-0.1, -0.05) is 30.0 Å². The lowest BCUT2D eigenvalue weighted by molar-refractivity contribution is -0.384. The predicted molar refractivity (Wildman–Crippen MR) is 139 cm³/mol. The van der Waals surface area contributed by atoms with Crippen molar-refractivity contribution in [2.75, 3.05) is 17.7 Å². The van der Waals surface area contributed by atoms with Crippen molar-refractivity contribution in [2.45, 2.75) is 44.3 Å². The van der Waals surface area contributed by atoms with Gasteiger partial charge in [-0.05, 0) is 38.2 Å². The number of rotatable bonds is 10. The Morgan fingerprint density at radius 3 is 2.89 bits per heavy atom. The van der Waals surface area contributed by atoms with E-state index in [4.69, 9.17) is 4.74 Å². The molecule has 1 aliphatic rings. The van der Waals surface area contributed by atoms with Crippen molar-refractivity contribution in [1.29, 1.82) is 0 Å². The Balaban J connectivity index is 1.51. The quantitative estimate of drug-likeness (QED) is 0.130. The maximum absolute atomic E-state index is 12.9. The maximum Gasteiger partial charge on any atom is 0.341 e. The molecule has 12 heteroatoms. The number of nitro groups is 1. The summed E-state index contributed by atoms with van der Waals surface area (Å²) in [7, 11) is 0. The fraction of sp³-hybridized carbons (Fsp3) is 0.333. The Morgan fingerprint density at radius 1 is 1.33 bits per heavy atom. The van der Waals surface area contributed by atoms with Crippen LogP contribution < -0.4 is 5.32 Å². The summed E-state index contributed by atoms with van der Waals surface area (Å²) < 4.78 is 7.00. The fourth-order valence-corrected chi connectivity index (χ4v) is 6.07. The number of benzene rings is 1. The molecule has 0 radical (unpaired) electrons. The van der Waals surface area contributed by atoms with Gasteiger partial charge in [0.05, 0.1) is 22.8 Å². The molecular weight excluding hydrogens is 502 g/mol. The summed E-state index contributed by atoms with van der Waals surface area (Å²) in [5.74, 6) is -0.215. The zero-order valence-electron chi connectivity index (χ0n) is 19.7. The predicted octanol–water partition coefficient (Wildman–Crippen LogP) is 4.89. The van der Waals surface area contributed by atoms with Crippen molar-refractivity contribution in [1.82, 2.24) is 14.8 Å². The number of carbonyl (C=O) groups excluding carboxylic acids is 2. The number of hydrogen-bond acceptors (Lipinski definition) is 9. The second-order valence-electron chi connectivity index (χ2n) is 7.99. The highest BCUT2D eigenvalue weighted by Crippen LogP contribution is 2.39. The van der Waals surface area contributed by atoms with Crippen LogP contribution >= 0.6 is 23.1 Å². The van der Waals surface area contributed by atoms with Gasteiger partial charge in [0.2, 0.25) is 5.91 Å². The minimum atomic E-state index is -0.468. The molecule has 0 saturated carbocycles. The van der Waals surface area contributed by atoms with Gasteiger partial charge >= 0.3 is 5.97 Å². The first kappa shape index (κ1) is 25.6. The minimum absolute atomic E-state index is 0.0368. The van der Waals surface area contributed by atoms with E-state index in [0.717, 1.165) is 36.1 Å². The van der Waals surface area contributed by atoms with Gasteiger partial charge in [0.15, 0.2) is 11.0 Å². The van der Waals surface area contributed by atoms with Gasteiger partial charge < -0.3 is 10.1 Å². The van der Waals surface area contributed by atoms with Crippen LogP contribution in [0, 0.1) is 10.1 Å². The first-order chi connectivity index (χ1) is 17.4. The number of esters is 1. The van der Waals surface area contributed by atoms with E-state index in [-0.39, 0.29) is 24.0 Å². The van der Waals surface area contributed by atoms with Gasteiger partial charge in [-0.25, -0.2) is 4.79 Å². The highest BCUT2D eigenvalue weighted by molar-refractivity contribution is 7.99. The summed E-state index contributed by atoms with van der Waals surface area (Å²) in [6, 6.07) is 6.14. The summed E-state index contributed by atoms with van der Waals surface area (Å²) in [5.41, 5.74) is 1.95. The van der Waals surface area contributed by atoms with Gasteiger partial charge in [0.25, 0.3) is 5.69 Å². The van der Waals surface area contributed by atoms with E-state index in [9.17, 15) is 19.7 Å². The molecule has 1 N–H and O–H groups in total. The highest BCUT2D eigenvalue weighted by atomic mass is 32.2. The second-order valence-corrected chi connectivity index (χ2v) is 10.0. The monoisotopic (exact) mass is 527 g/mol. The van der Waals surface area contributed by atoms with Gasteiger partial charge in [-0.2, -0.15) is 0 Å². The molecule has 0 unspecified atom stereocenters. The molecule has 10 nitrogen and oxygen atoms in total. The van der Waals surface area contributed by atoms with Gasteiger partial charge in [0.1, 0.15) is 5.00 Å². The molecule has 2 heterocycles. The molecule has 0 fully saturated rings. The Labute approximate surface area is 215 Å².